The molecule has 0 spiro atoms. The molecule has 1 aliphatic heterocycles. The second-order valence-electron chi connectivity index (χ2n) is 5.77. The molecule has 0 radical (unpaired) electrons. The van der Waals surface area contributed by atoms with Crippen LogP contribution < -0.4 is 4.90 Å². The Balaban J connectivity index is 2.25. The quantitative estimate of drug-likeness (QED) is 0.480. The molecule has 0 bridgehead atoms. The number of thiophene rings is 1. The molecular weight excluding hydrogens is 276 g/mol. The van der Waals surface area contributed by atoms with Crippen LogP contribution in [0.3, 0.4) is 0 Å². The van der Waals surface area contributed by atoms with Crippen LogP contribution in [0.2, 0.25) is 0 Å². The Bertz CT molecular complexity index is 531. The molecule has 1 saturated heterocycles. The van der Waals surface area contributed by atoms with Crippen molar-refractivity contribution in [3.63, 3.8) is 0 Å². The van der Waals surface area contributed by atoms with Gasteiger partial charge in [0, 0.05) is 19.2 Å². The number of ketones is 1. The number of rotatable bonds is 4. The summed E-state index contributed by atoms with van der Waals surface area (Å²) < 4.78 is 0. The Hall–Kier alpha value is -1.43. The van der Waals surface area contributed by atoms with Crippen molar-refractivity contribution in [3.8, 4) is 0 Å². The highest BCUT2D eigenvalue weighted by Gasteiger charge is 2.32. The first kappa shape index (κ1) is 15.0. The zero-order chi connectivity index (χ0) is 14.9. The maximum absolute atomic E-state index is 11.4. The number of hydrogen-bond acceptors (Lipinski definition) is 5. The third kappa shape index (κ3) is 2.85. The Morgan fingerprint density at radius 1 is 1.50 bits per heavy atom. The topological polar surface area (TPSA) is 63.5 Å². The summed E-state index contributed by atoms with van der Waals surface area (Å²) in [5.41, 5.74) is 0.409. The predicted octanol–water partition coefficient (Wildman–Crippen LogP) is 3.88. The third-order valence-corrected chi connectivity index (χ3v) is 5.63. The standard InChI is InChI=1S/C14H20N2O3S/c1-4-14(3)5-7-15(8-6-14)13-11(16(18)19)9-12(20-13)10(2)17/h9H,4-8H2,1-3H3. The van der Waals surface area contributed by atoms with Crippen LogP contribution in [0.25, 0.3) is 0 Å². The monoisotopic (exact) mass is 296 g/mol. The van der Waals surface area contributed by atoms with Crippen LogP contribution in [0, 0.1) is 15.5 Å². The van der Waals surface area contributed by atoms with Gasteiger partial charge in [0.1, 0.15) is 0 Å². The van der Waals surface area contributed by atoms with Gasteiger partial charge in [0.25, 0.3) is 0 Å². The maximum Gasteiger partial charge on any atom is 0.304 e. The van der Waals surface area contributed by atoms with Gasteiger partial charge in [0.05, 0.1) is 9.80 Å². The van der Waals surface area contributed by atoms with Crippen molar-refractivity contribution < 1.29 is 9.72 Å². The van der Waals surface area contributed by atoms with Gasteiger partial charge in [-0.2, -0.15) is 0 Å². The average molecular weight is 296 g/mol. The van der Waals surface area contributed by atoms with E-state index in [1.807, 2.05) is 0 Å². The molecule has 110 valence electrons. The zero-order valence-electron chi connectivity index (χ0n) is 12.1. The van der Waals surface area contributed by atoms with Gasteiger partial charge in [0.15, 0.2) is 10.8 Å². The van der Waals surface area contributed by atoms with E-state index in [-0.39, 0.29) is 16.4 Å². The van der Waals surface area contributed by atoms with Crippen molar-refractivity contribution in [1.82, 2.24) is 0 Å². The summed E-state index contributed by atoms with van der Waals surface area (Å²) in [5, 5.41) is 11.8. The Labute approximate surface area is 122 Å². The van der Waals surface area contributed by atoms with E-state index in [9.17, 15) is 14.9 Å². The van der Waals surface area contributed by atoms with Crippen molar-refractivity contribution >= 4 is 27.8 Å². The van der Waals surface area contributed by atoms with Crippen molar-refractivity contribution in [2.75, 3.05) is 18.0 Å². The van der Waals surface area contributed by atoms with Crippen LogP contribution in [-0.4, -0.2) is 23.8 Å². The van der Waals surface area contributed by atoms with E-state index in [1.165, 1.54) is 24.3 Å². The molecule has 0 atom stereocenters. The van der Waals surface area contributed by atoms with E-state index in [1.54, 1.807) is 0 Å². The molecule has 0 unspecified atom stereocenters. The summed E-state index contributed by atoms with van der Waals surface area (Å²) in [6.45, 7) is 7.56. The van der Waals surface area contributed by atoms with Crippen molar-refractivity contribution in [2.24, 2.45) is 5.41 Å². The number of piperidine rings is 1. The molecular formula is C14H20N2O3S. The van der Waals surface area contributed by atoms with Crippen LogP contribution >= 0.6 is 11.3 Å². The van der Waals surface area contributed by atoms with Gasteiger partial charge < -0.3 is 4.90 Å². The molecule has 5 nitrogen and oxygen atoms in total. The molecule has 1 fully saturated rings. The molecule has 20 heavy (non-hydrogen) atoms. The fourth-order valence-electron chi connectivity index (χ4n) is 2.51. The van der Waals surface area contributed by atoms with Gasteiger partial charge in [-0.1, -0.05) is 20.3 Å². The Morgan fingerprint density at radius 2 is 2.10 bits per heavy atom. The number of anilines is 1. The highest BCUT2D eigenvalue weighted by atomic mass is 32.1. The summed E-state index contributed by atoms with van der Waals surface area (Å²) in [7, 11) is 0. The smallest absolute Gasteiger partial charge is 0.304 e. The lowest BCUT2D eigenvalue weighted by molar-refractivity contribution is -0.383. The lowest BCUT2D eigenvalue weighted by Crippen LogP contribution is -2.38. The molecule has 0 aliphatic carbocycles. The maximum atomic E-state index is 11.4. The van der Waals surface area contributed by atoms with Crippen LogP contribution in [0.15, 0.2) is 6.07 Å². The molecule has 2 heterocycles. The van der Waals surface area contributed by atoms with Crippen LogP contribution in [0.5, 0.6) is 0 Å². The highest BCUT2D eigenvalue weighted by molar-refractivity contribution is 7.18. The Morgan fingerprint density at radius 3 is 2.55 bits per heavy atom. The number of carbonyl (C=O) groups excluding carboxylic acids is 1. The summed E-state index contributed by atoms with van der Waals surface area (Å²) >= 11 is 1.24. The van der Waals surface area contributed by atoms with Gasteiger partial charge in [0.2, 0.25) is 0 Å². The molecule has 0 amide bonds. The summed E-state index contributed by atoms with van der Waals surface area (Å²) in [5.74, 6) is -0.111. The Kier molecular flexibility index (Phi) is 4.13. The van der Waals surface area contributed by atoms with Gasteiger partial charge in [-0.05, 0) is 25.2 Å². The van der Waals surface area contributed by atoms with E-state index < -0.39 is 0 Å². The van der Waals surface area contributed by atoms with Gasteiger partial charge >= 0.3 is 5.69 Å². The van der Waals surface area contributed by atoms with Crippen LogP contribution in [-0.2, 0) is 0 Å². The van der Waals surface area contributed by atoms with Crippen LogP contribution in [0.4, 0.5) is 10.7 Å². The summed E-state index contributed by atoms with van der Waals surface area (Å²) in [6.07, 6.45) is 3.20. The van der Waals surface area contributed by atoms with E-state index in [4.69, 9.17) is 0 Å². The molecule has 1 aliphatic rings. The number of carbonyl (C=O) groups is 1. The molecule has 0 saturated carbocycles. The predicted molar refractivity (Wildman–Crippen MR) is 80.8 cm³/mol. The lowest BCUT2D eigenvalue weighted by Gasteiger charge is -2.39. The van der Waals surface area contributed by atoms with Crippen LogP contribution in [0.1, 0.15) is 49.7 Å². The third-order valence-electron chi connectivity index (χ3n) is 4.35. The molecule has 2 rings (SSSR count). The average Bonchev–Trinajstić information content (AvgIpc) is 2.85. The van der Waals surface area contributed by atoms with E-state index in [2.05, 4.69) is 18.7 Å². The van der Waals surface area contributed by atoms with E-state index in [0.29, 0.717) is 15.3 Å². The van der Waals surface area contributed by atoms with Crippen molar-refractivity contribution in [2.45, 2.75) is 40.0 Å². The second-order valence-corrected chi connectivity index (χ2v) is 6.80. The minimum atomic E-state index is -0.383. The number of nitrogens with zero attached hydrogens (tertiary/aromatic N) is 2. The SMILES string of the molecule is CCC1(C)CCN(c2sc(C(C)=O)cc2[N+](=O)[O-])CC1. The normalized spacial score (nSPS) is 18.1. The first-order valence-electron chi connectivity index (χ1n) is 6.90. The number of Topliss-reactive ketones (excluding diaryl/α,β-unsaturated/α-hetero) is 1. The van der Waals surface area contributed by atoms with Crippen molar-refractivity contribution in [3.05, 3.63) is 21.1 Å². The minimum absolute atomic E-state index is 0.0697. The zero-order valence-corrected chi connectivity index (χ0v) is 13.0. The molecule has 0 N–H and O–H groups in total. The van der Waals surface area contributed by atoms with Gasteiger partial charge in [-0.15, -0.1) is 11.3 Å². The lowest BCUT2D eigenvalue weighted by atomic mass is 9.78. The first-order valence-corrected chi connectivity index (χ1v) is 7.72. The minimum Gasteiger partial charge on any atom is -0.358 e. The molecule has 1 aromatic rings. The number of nitro groups is 1. The molecule has 1 aromatic heterocycles. The molecule has 0 aromatic carbocycles. The largest absolute Gasteiger partial charge is 0.358 e. The van der Waals surface area contributed by atoms with E-state index in [0.717, 1.165) is 32.4 Å². The fourth-order valence-corrected chi connectivity index (χ4v) is 3.58. The molecule has 6 heteroatoms. The highest BCUT2D eigenvalue weighted by Crippen LogP contribution is 2.42. The van der Waals surface area contributed by atoms with E-state index >= 15 is 0 Å². The first-order chi connectivity index (χ1) is 9.36. The second kappa shape index (κ2) is 5.52. The van der Waals surface area contributed by atoms with Gasteiger partial charge in [-0.25, -0.2) is 0 Å². The number of hydrogen-bond donors (Lipinski definition) is 0. The van der Waals surface area contributed by atoms with Gasteiger partial charge in [-0.3, -0.25) is 14.9 Å². The summed E-state index contributed by atoms with van der Waals surface area (Å²) in [6, 6.07) is 1.41. The van der Waals surface area contributed by atoms with Crippen molar-refractivity contribution in [1.29, 1.82) is 0 Å². The fraction of sp³-hybridized carbons (Fsp3) is 0.643. The summed E-state index contributed by atoms with van der Waals surface area (Å²) in [4.78, 5) is 24.7.